The number of pyridine rings is 1. The lowest BCUT2D eigenvalue weighted by atomic mass is 10.1. The van der Waals surface area contributed by atoms with Crippen molar-refractivity contribution in [1.82, 2.24) is 34.1 Å². The molecule has 0 aliphatic carbocycles. The molecule has 0 unspecified atom stereocenters. The molecule has 0 N–H and O–H groups in total. The third-order valence-electron chi connectivity index (χ3n) is 8.99. The number of hydrogen-bond donors (Lipinski definition) is 0. The van der Waals surface area contributed by atoms with E-state index >= 15 is 0 Å². The highest BCUT2D eigenvalue weighted by Gasteiger charge is 2.45. The summed E-state index contributed by atoms with van der Waals surface area (Å²) in [6.45, 7) is 8.23. The van der Waals surface area contributed by atoms with Gasteiger partial charge in [0.1, 0.15) is 49.8 Å². The van der Waals surface area contributed by atoms with Crippen LogP contribution in [-0.2, 0) is 21.8 Å². The summed E-state index contributed by atoms with van der Waals surface area (Å²) in [5.74, 6) is 0.461. The minimum absolute atomic E-state index is 0.0441. The quantitative estimate of drug-likeness (QED) is 0.186. The van der Waals surface area contributed by atoms with Gasteiger partial charge in [0.2, 0.25) is 5.79 Å². The third-order valence-corrected chi connectivity index (χ3v) is 9.54. The molecule has 2 aliphatic rings. The third kappa shape index (κ3) is 7.02. The summed E-state index contributed by atoms with van der Waals surface area (Å²) in [4.78, 5) is 26.1. The van der Waals surface area contributed by atoms with Gasteiger partial charge in [-0.3, -0.25) is 0 Å². The number of nitrogens with zero attached hydrogens (tertiary/aromatic N) is 9. The van der Waals surface area contributed by atoms with Crippen molar-refractivity contribution in [3.63, 3.8) is 0 Å². The highest BCUT2D eigenvalue weighted by molar-refractivity contribution is 6.35. The molecule has 0 bridgehead atoms. The van der Waals surface area contributed by atoms with Gasteiger partial charge >= 0.3 is 5.69 Å². The highest BCUT2D eigenvalue weighted by atomic mass is 35.5. The van der Waals surface area contributed by atoms with Crippen LogP contribution in [0.4, 0.5) is 11.5 Å². The van der Waals surface area contributed by atoms with E-state index in [1.165, 1.54) is 15.6 Å². The van der Waals surface area contributed by atoms with Gasteiger partial charge in [-0.15, -0.1) is 0 Å². The van der Waals surface area contributed by atoms with Crippen molar-refractivity contribution in [3.8, 4) is 11.4 Å². The number of hydrogen-bond acceptors (Lipinski definition) is 10. The van der Waals surface area contributed by atoms with E-state index in [-0.39, 0.29) is 24.4 Å². The van der Waals surface area contributed by atoms with E-state index in [2.05, 4.69) is 42.1 Å². The summed E-state index contributed by atoms with van der Waals surface area (Å²) < 4.78 is 23.5. The Morgan fingerprint density at radius 2 is 1.76 bits per heavy atom. The van der Waals surface area contributed by atoms with Crippen LogP contribution < -0.4 is 20.2 Å². The maximum Gasteiger partial charge on any atom is 0.350 e. The van der Waals surface area contributed by atoms with Crippen LogP contribution in [0.2, 0.25) is 10.0 Å². The largest absolute Gasteiger partial charge is 0.491 e. The van der Waals surface area contributed by atoms with Crippen LogP contribution in [0.1, 0.15) is 31.9 Å². The second-order valence-electron chi connectivity index (χ2n) is 12.2. The normalized spacial score (nSPS) is 20.1. The maximum atomic E-state index is 12.8. The first-order chi connectivity index (χ1) is 23.8. The molecule has 2 aliphatic heterocycles. The molecule has 0 saturated carbocycles. The zero-order valence-corrected chi connectivity index (χ0v) is 28.7. The fraction of sp³-hybridized carbons (Fsp3) is 0.382. The summed E-state index contributed by atoms with van der Waals surface area (Å²) in [5, 5.41) is 9.47. The average Bonchev–Trinajstić information content (AvgIpc) is 3.88. The van der Waals surface area contributed by atoms with Crippen LogP contribution in [0, 0.1) is 0 Å². The van der Waals surface area contributed by atoms with Crippen LogP contribution >= 0.6 is 23.2 Å². The average molecular weight is 707 g/mol. The van der Waals surface area contributed by atoms with Crippen molar-refractivity contribution in [2.75, 3.05) is 49.2 Å². The maximum absolute atomic E-state index is 12.8. The molecule has 2 saturated heterocycles. The van der Waals surface area contributed by atoms with Crippen LogP contribution in [0.5, 0.6) is 5.75 Å². The van der Waals surface area contributed by atoms with Crippen molar-refractivity contribution >= 4 is 34.7 Å². The molecule has 0 amide bonds. The molecular weight excluding hydrogens is 669 g/mol. The Morgan fingerprint density at radius 3 is 2.45 bits per heavy atom. The lowest BCUT2D eigenvalue weighted by Crippen LogP contribution is -2.46. The Hall–Kier alpha value is -4.43. The second-order valence-corrected chi connectivity index (χ2v) is 13.0. The van der Waals surface area contributed by atoms with Crippen molar-refractivity contribution < 1.29 is 14.2 Å². The van der Waals surface area contributed by atoms with Gasteiger partial charge in [0.05, 0.1) is 29.6 Å². The Labute approximate surface area is 293 Å². The molecule has 15 heteroatoms. The molecule has 49 heavy (non-hydrogen) atoms. The fourth-order valence-corrected chi connectivity index (χ4v) is 6.65. The van der Waals surface area contributed by atoms with Gasteiger partial charge in [-0.1, -0.05) is 36.2 Å². The molecule has 3 aromatic heterocycles. The zero-order chi connectivity index (χ0) is 34.0. The minimum atomic E-state index is -1.16. The van der Waals surface area contributed by atoms with E-state index in [0.717, 1.165) is 49.9 Å². The summed E-state index contributed by atoms with van der Waals surface area (Å²) in [6.07, 6.45) is 6.85. The number of benzene rings is 2. The van der Waals surface area contributed by atoms with E-state index in [9.17, 15) is 4.79 Å². The predicted molar refractivity (Wildman–Crippen MR) is 186 cm³/mol. The van der Waals surface area contributed by atoms with E-state index in [1.807, 2.05) is 44.2 Å². The van der Waals surface area contributed by atoms with Crippen LogP contribution in [0.3, 0.4) is 0 Å². The van der Waals surface area contributed by atoms with Crippen molar-refractivity contribution in [1.29, 1.82) is 0 Å². The number of piperazine rings is 1. The monoisotopic (exact) mass is 705 g/mol. The molecule has 2 aromatic carbocycles. The van der Waals surface area contributed by atoms with Gasteiger partial charge in [-0.25, -0.2) is 28.7 Å². The first-order valence-corrected chi connectivity index (χ1v) is 17.0. The summed E-state index contributed by atoms with van der Waals surface area (Å²) in [6, 6.07) is 17.3. The van der Waals surface area contributed by atoms with Crippen LogP contribution in [0.15, 0.2) is 84.6 Å². The van der Waals surface area contributed by atoms with Crippen molar-refractivity contribution in [2.45, 2.75) is 44.7 Å². The van der Waals surface area contributed by atoms with E-state index in [4.69, 9.17) is 37.4 Å². The zero-order valence-electron chi connectivity index (χ0n) is 27.2. The number of halogens is 2. The number of anilines is 2. The standard InChI is InChI=1S/C34H37Cl2N9O4/c1-3-24(2)45-33(46)44(23-40-45)27-7-11-32(38-17-27)42-14-12-41(13-15-42)26-5-8-28(9-6-26)47-18-29-19-48-34(49-29,20-43-22-37-21-39-43)30-10-4-25(35)16-31(30)36/h4-11,16-17,21-24,29H,3,12-15,18-20H2,1-2H3/t24-,29+,34+/m0/s1. The molecule has 5 heterocycles. The molecular formula is C34H37Cl2N9O4. The number of ether oxygens (including phenoxy) is 3. The SMILES string of the molecule is CC[C@H](C)n1ncn(-c2ccc(N3CCN(c4ccc(OC[C@@H]5CO[C@@](Cn6cncn6)(c6ccc(Cl)cc6Cl)O5)cc4)CC3)nc2)c1=O. The van der Waals surface area contributed by atoms with Gasteiger partial charge < -0.3 is 24.0 Å². The van der Waals surface area contributed by atoms with Crippen molar-refractivity contribution in [2.24, 2.45) is 0 Å². The summed E-state index contributed by atoms with van der Waals surface area (Å²) >= 11 is 12.7. The molecule has 256 valence electrons. The van der Waals surface area contributed by atoms with Gasteiger partial charge in [0.25, 0.3) is 0 Å². The molecule has 2 fully saturated rings. The van der Waals surface area contributed by atoms with Gasteiger partial charge in [-0.2, -0.15) is 10.2 Å². The molecule has 0 spiro atoms. The molecule has 13 nitrogen and oxygen atoms in total. The van der Waals surface area contributed by atoms with Gasteiger partial charge in [0, 0.05) is 42.5 Å². The minimum Gasteiger partial charge on any atom is -0.491 e. The van der Waals surface area contributed by atoms with Crippen LogP contribution in [-0.4, -0.2) is 79.6 Å². The Balaban J connectivity index is 0.925. The highest BCUT2D eigenvalue weighted by Crippen LogP contribution is 2.40. The first-order valence-electron chi connectivity index (χ1n) is 16.3. The van der Waals surface area contributed by atoms with Crippen LogP contribution in [0.25, 0.3) is 5.69 Å². The fourth-order valence-electron chi connectivity index (χ4n) is 6.10. The molecule has 0 radical (unpaired) electrons. The van der Waals surface area contributed by atoms with Crippen molar-refractivity contribution in [3.05, 3.63) is 106 Å². The Kier molecular flexibility index (Phi) is 9.59. The Morgan fingerprint density at radius 1 is 0.980 bits per heavy atom. The summed E-state index contributed by atoms with van der Waals surface area (Å²) in [5.41, 5.74) is 2.33. The molecule has 7 rings (SSSR count). The van der Waals surface area contributed by atoms with Gasteiger partial charge in [0.15, 0.2) is 0 Å². The lowest BCUT2D eigenvalue weighted by molar-refractivity contribution is -0.190. The smallest absolute Gasteiger partial charge is 0.350 e. The predicted octanol–water partition coefficient (Wildman–Crippen LogP) is 4.97. The first kappa shape index (κ1) is 33.1. The van der Waals surface area contributed by atoms with E-state index < -0.39 is 5.79 Å². The summed E-state index contributed by atoms with van der Waals surface area (Å²) in [7, 11) is 0. The molecule has 5 aromatic rings. The van der Waals surface area contributed by atoms with E-state index in [0.29, 0.717) is 34.5 Å². The number of rotatable bonds is 11. The second kappa shape index (κ2) is 14.2. The lowest BCUT2D eigenvalue weighted by Gasteiger charge is -2.36. The topological polar surface area (TPSA) is 118 Å². The Bertz CT molecular complexity index is 1910. The van der Waals surface area contributed by atoms with E-state index in [1.54, 1.807) is 35.7 Å². The van der Waals surface area contributed by atoms with Gasteiger partial charge in [-0.05, 0) is 61.9 Å². The number of aromatic nitrogens is 7. The molecule has 3 atom stereocenters.